The van der Waals surface area contributed by atoms with Gasteiger partial charge >= 0.3 is 5.97 Å². The number of aromatic nitrogens is 1. The molecule has 0 fully saturated rings. The quantitative estimate of drug-likeness (QED) is 0.910. The summed E-state index contributed by atoms with van der Waals surface area (Å²) in [6, 6.07) is 4.84. The van der Waals surface area contributed by atoms with Crippen LogP contribution >= 0.6 is 11.6 Å². The molecule has 1 aromatic heterocycles. The highest BCUT2D eigenvalue weighted by Crippen LogP contribution is 2.31. The van der Waals surface area contributed by atoms with E-state index in [2.05, 4.69) is 4.98 Å². The summed E-state index contributed by atoms with van der Waals surface area (Å²) in [5.74, 6) is -0.477. The predicted molar refractivity (Wildman–Crippen MR) is 60.5 cm³/mol. The fraction of sp³-hybridized carbons (Fsp3) is 0.0909. The Morgan fingerprint density at radius 3 is 2.88 bits per heavy atom. The zero-order valence-corrected chi connectivity index (χ0v) is 9.56. The third kappa shape index (κ3) is 2.09. The molecule has 2 rings (SSSR count). The third-order valence-corrected chi connectivity index (χ3v) is 2.48. The number of oxazole rings is 1. The molecular formula is C11H8ClNO4. The first-order valence-electron chi connectivity index (χ1n) is 4.64. The molecule has 0 radical (unpaired) electrons. The summed E-state index contributed by atoms with van der Waals surface area (Å²) in [5.41, 5.74) is 0.386. The zero-order valence-electron chi connectivity index (χ0n) is 8.81. The molecule has 1 heterocycles. The molecule has 0 aliphatic heterocycles. The average molecular weight is 254 g/mol. The van der Waals surface area contributed by atoms with E-state index in [1.807, 2.05) is 0 Å². The summed E-state index contributed by atoms with van der Waals surface area (Å²) in [6.45, 7) is 0. The number of carboxylic acids is 1. The maximum absolute atomic E-state index is 10.9. The highest BCUT2D eigenvalue weighted by molar-refractivity contribution is 6.32. The van der Waals surface area contributed by atoms with Gasteiger partial charge in [-0.25, -0.2) is 9.78 Å². The molecule has 17 heavy (non-hydrogen) atoms. The number of aromatic carboxylic acids is 1. The average Bonchev–Trinajstić information content (AvgIpc) is 2.77. The molecule has 6 heteroatoms. The number of methoxy groups -OCH3 is 1. The summed E-state index contributed by atoms with van der Waals surface area (Å²) in [6.07, 6.45) is 1.08. The van der Waals surface area contributed by atoms with E-state index in [9.17, 15) is 4.79 Å². The molecule has 0 saturated carbocycles. The van der Waals surface area contributed by atoms with Gasteiger partial charge in [-0.1, -0.05) is 11.6 Å². The molecule has 0 spiro atoms. The van der Waals surface area contributed by atoms with Crippen molar-refractivity contribution >= 4 is 17.6 Å². The summed E-state index contributed by atoms with van der Waals surface area (Å²) in [4.78, 5) is 14.5. The summed E-state index contributed by atoms with van der Waals surface area (Å²) >= 11 is 5.94. The van der Waals surface area contributed by atoms with Crippen molar-refractivity contribution in [3.63, 3.8) is 0 Å². The Kier molecular flexibility index (Phi) is 3.01. The molecule has 0 aliphatic rings. The second-order valence-corrected chi connectivity index (χ2v) is 3.59. The number of hydrogen-bond acceptors (Lipinski definition) is 4. The van der Waals surface area contributed by atoms with Crippen molar-refractivity contribution in [1.29, 1.82) is 0 Å². The van der Waals surface area contributed by atoms with E-state index in [1.54, 1.807) is 18.2 Å². The van der Waals surface area contributed by atoms with Crippen LogP contribution in [0.2, 0.25) is 5.02 Å². The van der Waals surface area contributed by atoms with Gasteiger partial charge in [-0.15, -0.1) is 0 Å². The first-order valence-corrected chi connectivity index (χ1v) is 5.02. The smallest absolute Gasteiger partial charge is 0.358 e. The molecule has 0 bridgehead atoms. The minimum atomic E-state index is -1.15. The lowest BCUT2D eigenvalue weighted by atomic mass is 10.1. The summed E-state index contributed by atoms with van der Waals surface area (Å²) in [7, 11) is 1.50. The molecule has 5 nitrogen and oxygen atoms in total. The van der Waals surface area contributed by atoms with Crippen LogP contribution in [0.3, 0.4) is 0 Å². The van der Waals surface area contributed by atoms with Gasteiger partial charge in [-0.05, 0) is 18.2 Å². The second-order valence-electron chi connectivity index (χ2n) is 3.18. The van der Waals surface area contributed by atoms with Crippen LogP contribution in [0.15, 0.2) is 29.0 Å². The van der Waals surface area contributed by atoms with Gasteiger partial charge in [0.1, 0.15) is 5.75 Å². The zero-order chi connectivity index (χ0) is 12.4. The molecule has 0 unspecified atom stereocenters. The van der Waals surface area contributed by atoms with E-state index in [0.29, 0.717) is 16.3 Å². The van der Waals surface area contributed by atoms with Gasteiger partial charge in [0.15, 0.2) is 17.8 Å². The van der Waals surface area contributed by atoms with E-state index < -0.39 is 5.97 Å². The van der Waals surface area contributed by atoms with Gasteiger partial charge in [0.25, 0.3) is 0 Å². The van der Waals surface area contributed by atoms with Gasteiger partial charge < -0.3 is 14.3 Å². The third-order valence-electron chi connectivity index (χ3n) is 2.18. The Balaban J connectivity index is 2.50. The van der Waals surface area contributed by atoms with Gasteiger partial charge in [0.05, 0.1) is 12.1 Å². The standard InChI is InChI=1S/C11H8ClNO4/c1-16-8-3-2-6(4-7(8)12)10-9(11(14)15)13-5-17-10/h2-5H,1H3,(H,14,15). The molecule has 88 valence electrons. The van der Waals surface area contributed by atoms with Crippen molar-refractivity contribution in [2.45, 2.75) is 0 Å². The van der Waals surface area contributed by atoms with Crippen molar-refractivity contribution in [3.8, 4) is 17.1 Å². The number of carbonyl (C=O) groups is 1. The van der Waals surface area contributed by atoms with Gasteiger partial charge in [-0.2, -0.15) is 0 Å². The van der Waals surface area contributed by atoms with E-state index in [0.717, 1.165) is 6.39 Å². The molecule has 0 atom stereocenters. The van der Waals surface area contributed by atoms with Crippen LogP contribution in [0.1, 0.15) is 10.5 Å². The number of nitrogens with zero attached hydrogens (tertiary/aromatic N) is 1. The number of carboxylic acid groups (broad SMARTS) is 1. The van der Waals surface area contributed by atoms with Crippen molar-refractivity contribution in [2.24, 2.45) is 0 Å². The minimum absolute atomic E-state index is 0.147. The number of benzene rings is 1. The van der Waals surface area contributed by atoms with E-state index >= 15 is 0 Å². The molecular weight excluding hydrogens is 246 g/mol. The van der Waals surface area contributed by atoms with Gasteiger partial charge in [-0.3, -0.25) is 0 Å². The first-order chi connectivity index (χ1) is 8.13. The summed E-state index contributed by atoms with van der Waals surface area (Å²) < 4.78 is 10.0. The lowest BCUT2D eigenvalue weighted by molar-refractivity contribution is 0.0691. The maximum atomic E-state index is 10.9. The number of rotatable bonds is 3. The van der Waals surface area contributed by atoms with Gasteiger partial charge in [0.2, 0.25) is 0 Å². The SMILES string of the molecule is COc1ccc(-c2ocnc2C(=O)O)cc1Cl. The lowest BCUT2D eigenvalue weighted by Crippen LogP contribution is -1.98. The number of hydrogen-bond donors (Lipinski definition) is 1. The summed E-state index contributed by atoms with van der Waals surface area (Å²) in [5, 5.41) is 9.28. The van der Waals surface area contributed by atoms with E-state index in [4.69, 9.17) is 25.9 Å². The van der Waals surface area contributed by atoms with Crippen molar-refractivity contribution < 1.29 is 19.1 Å². The monoisotopic (exact) mass is 253 g/mol. The predicted octanol–water partition coefficient (Wildman–Crippen LogP) is 2.70. The van der Waals surface area contributed by atoms with Crippen LogP contribution in [0, 0.1) is 0 Å². The van der Waals surface area contributed by atoms with Crippen molar-refractivity contribution in [2.75, 3.05) is 7.11 Å². The Hall–Kier alpha value is -2.01. The Labute approximate surface area is 102 Å². The lowest BCUT2D eigenvalue weighted by Gasteiger charge is -2.04. The minimum Gasteiger partial charge on any atom is -0.495 e. The highest BCUT2D eigenvalue weighted by atomic mass is 35.5. The van der Waals surface area contributed by atoms with E-state index in [-0.39, 0.29) is 11.5 Å². The fourth-order valence-electron chi connectivity index (χ4n) is 1.41. The second kappa shape index (κ2) is 4.47. The van der Waals surface area contributed by atoms with Crippen LogP contribution in [-0.2, 0) is 0 Å². The molecule has 2 aromatic rings. The number of ether oxygens (including phenoxy) is 1. The largest absolute Gasteiger partial charge is 0.495 e. The van der Waals surface area contributed by atoms with Crippen molar-refractivity contribution in [3.05, 3.63) is 35.3 Å². The van der Waals surface area contributed by atoms with Gasteiger partial charge in [0, 0.05) is 5.56 Å². The highest BCUT2D eigenvalue weighted by Gasteiger charge is 2.18. The number of halogens is 1. The fourth-order valence-corrected chi connectivity index (χ4v) is 1.67. The Bertz CT molecular complexity index is 564. The first kappa shape index (κ1) is 11.5. The van der Waals surface area contributed by atoms with Crippen LogP contribution in [0.4, 0.5) is 0 Å². The van der Waals surface area contributed by atoms with Crippen molar-refractivity contribution in [1.82, 2.24) is 4.98 Å². The van der Waals surface area contributed by atoms with Crippen LogP contribution in [-0.4, -0.2) is 23.2 Å². The molecule has 1 N–H and O–H groups in total. The molecule has 0 amide bonds. The normalized spacial score (nSPS) is 10.2. The van der Waals surface area contributed by atoms with Crippen LogP contribution in [0.5, 0.6) is 5.75 Å². The molecule has 1 aromatic carbocycles. The molecule has 0 aliphatic carbocycles. The molecule has 0 saturated heterocycles. The van der Waals surface area contributed by atoms with E-state index in [1.165, 1.54) is 7.11 Å². The van der Waals surface area contributed by atoms with Crippen LogP contribution in [0.25, 0.3) is 11.3 Å². The maximum Gasteiger partial charge on any atom is 0.358 e. The van der Waals surface area contributed by atoms with Crippen LogP contribution < -0.4 is 4.74 Å². The Morgan fingerprint density at radius 2 is 2.29 bits per heavy atom. The topological polar surface area (TPSA) is 72.6 Å². The Morgan fingerprint density at radius 1 is 1.53 bits per heavy atom.